The second kappa shape index (κ2) is 10.0. The number of rotatable bonds is 7. The molecule has 2 heterocycles. The van der Waals surface area contributed by atoms with Crippen LogP contribution in [0.3, 0.4) is 0 Å². The van der Waals surface area contributed by atoms with E-state index >= 15 is 0 Å². The molecule has 1 aliphatic heterocycles. The molecule has 0 bridgehead atoms. The number of hydrogen-bond acceptors (Lipinski definition) is 4. The van der Waals surface area contributed by atoms with Gasteiger partial charge in [0.05, 0.1) is 5.69 Å². The molecule has 1 atom stereocenters. The van der Waals surface area contributed by atoms with E-state index in [1.54, 1.807) is 33.8 Å². The third kappa shape index (κ3) is 4.96. The summed E-state index contributed by atoms with van der Waals surface area (Å²) in [5.74, 6) is -0.460. The molecular weight excluding hydrogens is 461 g/mol. The van der Waals surface area contributed by atoms with Crippen LogP contribution in [0.1, 0.15) is 17.4 Å². The van der Waals surface area contributed by atoms with Crippen LogP contribution >= 0.6 is 0 Å². The number of carbonyl (C=O) groups is 2. The Bertz CT molecular complexity index is 1370. The van der Waals surface area contributed by atoms with Gasteiger partial charge in [0, 0.05) is 29.6 Å². The number of carbonyl (C=O) groups excluding carboxylic acids is 2. The number of nitrogens with zero attached hydrogens (tertiary/aromatic N) is 3. The van der Waals surface area contributed by atoms with Crippen LogP contribution in [0.5, 0.6) is 0 Å². The van der Waals surface area contributed by atoms with Crippen molar-refractivity contribution in [2.24, 2.45) is 5.73 Å². The molecule has 0 aliphatic carbocycles. The van der Waals surface area contributed by atoms with Gasteiger partial charge in [-0.15, -0.1) is 0 Å². The first-order chi connectivity index (χ1) is 17.5. The van der Waals surface area contributed by atoms with Gasteiger partial charge in [0.25, 0.3) is 5.91 Å². The third-order valence-corrected chi connectivity index (χ3v) is 5.98. The molecule has 0 unspecified atom stereocenters. The monoisotopic (exact) mass is 485 g/mol. The SMILES string of the molecule is NC(=O)Nc1ccc(CCN2C(=O)CO[C@@H]2c2cn(-c3ccccc3)nc2-c2ccc(F)cc2)cc1. The predicted molar refractivity (Wildman–Crippen MR) is 133 cm³/mol. The minimum atomic E-state index is -0.634. The summed E-state index contributed by atoms with van der Waals surface area (Å²) in [5.41, 5.74) is 9.66. The average Bonchev–Trinajstić information content (AvgIpc) is 3.48. The summed E-state index contributed by atoms with van der Waals surface area (Å²) in [7, 11) is 0. The molecule has 1 saturated heterocycles. The maximum atomic E-state index is 13.6. The standard InChI is InChI=1S/C27H24FN5O3/c28-20-10-8-19(9-11-20)25-23(16-33(31-25)22-4-2-1-3-5-22)26-32(24(34)17-36-26)15-14-18-6-12-21(13-7-18)30-27(29)35/h1-13,16,26H,14-15,17H2,(H3,29,30,35)/t26-/m1/s1. The number of urea groups is 1. The Balaban J connectivity index is 1.43. The van der Waals surface area contributed by atoms with Crippen molar-refractivity contribution in [3.05, 3.63) is 102 Å². The van der Waals surface area contributed by atoms with Crippen molar-refractivity contribution in [2.45, 2.75) is 12.6 Å². The lowest BCUT2D eigenvalue weighted by Crippen LogP contribution is -2.30. The normalized spacial score (nSPS) is 15.3. The molecule has 1 aliphatic rings. The first kappa shape index (κ1) is 23.3. The number of aromatic nitrogens is 2. The van der Waals surface area contributed by atoms with Gasteiger partial charge in [-0.2, -0.15) is 5.10 Å². The van der Waals surface area contributed by atoms with Crippen molar-refractivity contribution in [1.82, 2.24) is 14.7 Å². The van der Waals surface area contributed by atoms with Gasteiger partial charge in [0.1, 0.15) is 18.1 Å². The highest BCUT2D eigenvalue weighted by Crippen LogP contribution is 2.35. The molecule has 36 heavy (non-hydrogen) atoms. The maximum absolute atomic E-state index is 13.6. The fraction of sp³-hybridized carbons (Fsp3) is 0.148. The summed E-state index contributed by atoms with van der Waals surface area (Å²) in [5, 5.41) is 7.30. The van der Waals surface area contributed by atoms with Crippen molar-refractivity contribution in [3.8, 4) is 16.9 Å². The molecular formula is C27H24FN5O3. The predicted octanol–water partition coefficient (Wildman–Crippen LogP) is 4.27. The number of nitrogens with one attached hydrogen (secondary N) is 1. The quantitative estimate of drug-likeness (QED) is 0.408. The fourth-order valence-electron chi connectivity index (χ4n) is 4.21. The van der Waals surface area contributed by atoms with Crippen molar-refractivity contribution in [2.75, 3.05) is 18.5 Å². The van der Waals surface area contributed by atoms with Crippen molar-refractivity contribution in [3.63, 3.8) is 0 Å². The number of nitrogens with two attached hydrogens (primary N) is 1. The molecule has 9 heteroatoms. The summed E-state index contributed by atoms with van der Waals surface area (Å²) in [4.78, 5) is 25.5. The van der Waals surface area contributed by atoms with Gasteiger partial charge in [-0.25, -0.2) is 13.9 Å². The van der Waals surface area contributed by atoms with E-state index in [0.717, 1.165) is 22.4 Å². The molecule has 3 N–H and O–H groups in total. The summed E-state index contributed by atoms with van der Waals surface area (Å²) in [6.45, 7) is 0.386. The van der Waals surface area contributed by atoms with E-state index < -0.39 is 12.3 Å². The molecule has 0 radical (unpaired) electrons. The zero-order valence-corrected chi connectivity index (χ0v) is 19.3. The van der Waals surface area contributed by atoms with E-state index in [-0.39, 0.29) is 18.3 Å². The number of primary amides is 1. The second-order valence-electron chi connectivity index (χ2n) is 8.41. The summed E-state index contributed by atoms with van der Waals surface area (Å²) >= 11 is 0. The molecule has 3 amide bonds. The van der Waals surface area contributed by atoms with Gasteiger partial charge in [-0.05, 0) is 60.5 Å². The third-order valence-electron chi connectivity index (χ3n) is 5.98. The lowest BCUT2D eigenvalue weighted by atomic mass is 10.1. The number of benzene rings is 3. The smallest absolute Gasteiger partial charge is 0.316 e. The van der Waals surface area contributed by atoms with Crippen LogP contribution in [-0.4, -0.2) is 39.8 Å². The molecule has 4 aromatic rings. The molecule has 0 spiro atoms. The zero-order valence-electron chi connectivity index (χ0n) is 19.3. The van der Waals surface area contributed by atoms with Gasteiger partial charge in [-0.1, -0.05) is 30.3 Å². The maximum Gasteiger partial charge on any atom is 0.316 e. The van der Waals surface area contributed by atoms with E-state index in [2.05, 4.69) is 5.32 Å². The van der Waals surface area contributed by atoms with Crippen LogP contribution in [0.25, 0.3) is 16.9 Å². The van der Waals surface area contributed by atoms with E-state index in [0.29, 0.717) is 24.3 Å². The van der Waals surface area contributed by atoms with Gasteiger partial charge in [-0.3, -0.25) is 4.79 Å². The minimum Gasteiger partial charge on any atom is -0.351 e. The minimum absolute atomic E-state index is 0.0362. The molecule has 1 fully saturated rings. The molecule has 0 saturated carbocycles. The van der Waals surface area contributed by atoms with E-state index in [9.17, 15) is 14.0 Å². The van der Waals surface area contributed by atoms with Crippen molar-refractivity contribution < 1.29 is 18.7 Å². The van der Waals surface area contributed by atoms with Crippen LogP contribution in [-0.2, 0) is 16.0 Å². The molecule has 182 valence electrons. The van der Waals surface area contributed by atoms with Crippen LogP contribution in [0.15, 0.2) is 85.1 Å². The summed E-state index contributed by atoms with van der Waals surface area (Å²) < 4.78 is 21.3. The van der Waals surface area contributed by atoms with E-state index in [1.165, 1.54) is 12.1 Å². The van der Waals surface area contributed by atoms with Gasteiger partial charge in [0.2, 0.25) is 0 Å². The zero-order chi connectivity index (χ0) is 25.1. The highest BCUT2D eigenvalue weighted by molar-refractivity contribution is 5.87. The van der Waals surface area contributed by atoms with E-state index in [4.69, 9.17) is 15.6 Å². The van der Waals surface area contributed by atoms with Crippen molar-refractivity contribution >= 4 is 17.6 Å². The first-order valence-electron chi connectivity index (χ1n) is 11.5. The molecule has 1 aromatic heterocycles. The van der Waals surface area contributed by atoms with Crippen LogP contribution in [0.2, 0.25) is 0 Å². The number of hydrogen-bond donors (Lipinski definition) is 2. The van der Waals surface area contributed by atoms with Crippen LogP contribution in [0, 0.1) is 5.82 Å². The van der Waals surface area contributed by atoms with E-state index in [1.807, 2.05) is 48.7 Å². The number of anilines is 1. The van der Waals surface area contributed by atoms with Crippen LogP contribution in [0.4, 0.5) is 14.9 Å². The van der Waals surface area contributed by atoms with Crippen molar-refractivity contribution in [1.29, 1.82) is 0 Å². The fourth-order valence-corrected chi connectivity index (χ4v) is 4.21. The topological polar surface area (TPSA) is 102 Å². The summed E-state index contributed by atoms with van der Waals surface area (Å²) in [6.07, 6.45) is 1.81. The average molecular weight is 486 g/mol. The lowest BCUT2D eigenvalue weighted by molar-refractivity contribution is -0.128. The highest BCUT2D eigenvalue weighted by atomic mass is 19.1. The van der Waals surface area contributed by atoms with Gasteiger partial charge < -0.3 is 20.7 Å². The van der Waals surface area contributed by atoms with Gasteiger partial charge >= 0.3 is 6.03 Å². The first-order valence-corrected chi connectivity index (χ1v) is 11.5. The lowest BCUT2D eigenvalue weighted by Gasteiger charge is -2.23. The Kier molecular flexibility index (Phi) is 6.46. The number of halogens is 1. The summed E-state index contributed by atoms with van der Waals surface area (Å²) in [6, 6.07) is 22.4. The van der Waals surface area contributed by atoms with Crippen LogP contribution < -0.4 is 11.1 Å². The second-order valence-corrected chi connectivity index (χ2v) is 8.41. The molecule has 5 rings (SSSR count). The Morgan fingerprint density at radius 1 is 1.06 bits per heavy atom. The molecule has 8 nitrogen and oxygen atoms in total. The Morgan fingerprint density at radius 2 is 1.78 bits per heavy atom. The Hall–Kier alpha value is -4.50. The largest absolute Gasteiger partial charge is 0.351 e. The molecule has 3 aromatic carbocycles. The van der Waals surface area contributed by atoms with Gasteiger partial charge in [0.15, 0.2) is 6.23 Å². The Labute approximate surface area is 207 Å². The number of para-hydroxylation sites is 1. The Morgan fingerprint density at radius 3 is 2.47 bits per heavy atom. The number of ether oxygens (including phenoxy) is 1. The highest BCUT2D eigenvalue weighted by Gasteiger charge is 2.36. The number of amides is 3.